The summed E-state index contributed by atoms with van der Waals surface area (Å²) in [5.41, 5.74) is 0. The molecule has 0 aromatic heterocycles. The summed E-state index contributed by atoms with van der Waals surface area (Å²) >= 11 is 1.56. The molecule has 7 heteroatoms. The fourth-order valence-corrected chi connectivity index (χ4v) is 4.60. The smallest absolute Gasteiger partial charge is 0.327 e. The number of nitrogens with zero attached hydrogens (tertiary/aromatic N) is 2. The monoisotopic (exact) mass is 300 g/mol. The zero-order chi connectivity index (χ0) is 14.3. The highest BCUT2D eigenvalue weighted by Gasteiger charge is 2.45. The Hall–Kier alpha value is -0.950. The van der Waals surface area contributed by atoms with Crippen LogP contribution in [-0.4, -0.2) is 69.4 Å². The maximum Gasteiger partial charge on any atom is 0.327 e. The molecule has 20 heavy (non-hydrogen) atoms. The topological polar surface area (TPSA) is 70.1 Å². The molecule has 3 aliphatic heterocycles. The van der Waals surface area contributed by atoms with Crippen molar-refractivity contribution in [2.24, 2.45) is 0 Å². The van der Waals surface area contributed by atoms with E-state index >= 15 is 0 Å². The van der Waals surface area contributed by atoms with Crippen molar-refractivity contribution >= 4 is 23.8 Å². The molecule has 112 valence electrons. The quantitative estimate of drug-likeness (QED) is 0.830. The fourth-order valence-electron chi connectivity index (χ4n) is 3.26. The Morgan fingerprint density at radius 1 is 1.30 bits per heavy atom. The number of fused-ring (bicyclic) bond motifs is 2. The average molecular weight is 300 g/mol. The van der Waals surface area contributed by atoms with E-state index in [0.717, 1.165) is 19.3 Å². The van der Waals surface area contributed by atoms with Gasteiger partial charge >= 0.3 is 12.0 Å². The average Bonchev–Trinajstić information content (AvgIpc) is 3.01. The number of hydrogen-bond donors (Lipinski definition) is 1. The van der Waals surface area contributed by atoms with Crippen LogP contribution in [0.3, 0.4) is 0 Å². The summed E-state index contributed by atoms with van der Waals surface area (Å²) in [5, 5.41) is 9.29. The lowest BCUT2D eigenvalue weighted by Crippen LogP contribution is -2.55. The molecule has 3 aliphatic rings. The molecule has 3 heterocycles. The number of rotatable bonds is 2. The first-order valence-corrected chi connectivity index (χ1v) is 8.22. The molecule has 2 bridgehead atoms. The standard InChI is InChI=1S/C13H20N2O4S/c1-2-11-15(10(7-20-11)12(16)17)13(18)14-5-8-3-4-9(6-14)19-8/h8-11H,2-7H2,1H3,(H,16,17). The van der Waals surface area contributed by atoms with Crippen molar-refractivity contribution in [2.75, 3.05) is 18.8 Å². The first-order chi connectivity index (χ1) is 9.60. The Labute approximate surface area is 122 Å². The van der Waals surface area contributed by atoms with Crippen molar-refractivity contribution in [3.05, 3.63) is 0 Å². The Bertz CT molecular complexity index is 407. The minimum Gasteiger partial charge on any atom is -0.480 e. The Balaban J connectivity index is 1.75. The lowest BCUT2D eigenvalue weighted by molar-refractivity contribution is -0.141. The predicted molar refractivity (Wildman–Crippen MR) is 74.7 cm³/mol. The summed E-state index contributed by atoms with van der Waals surface area (Å²) in [4.78, 5) is 27.4. The number of ether oxygens (including phenoxy) is 1. The first-order valence-electron chi connectivity index (χ1n) is 7.17. The Morgan fingerprint density at radius 3 is 2.50 bits per heavy atom. The number of carboxylic acid groups (broad SMARTS) is 1. The largest absolute Gasteiger partial charge is 0.480 e. The van der Waals surface area contributed by atoms with Crippen molar-refractivity contribution in [3.63, 3.8) is 0 Å². The third-order valence-electron chi connectivity index (χ3n) is 4.26. The molecule has 3 rings (SSSR count). The molecule has 2 amide bonds. The lowest BCUT2D eigenvalue weighted by atomic mass is 10.2. The highest BCUT2D eigenvalue weighted by Crippen LogP contribution is 2.34. The van der Waals surface area contributed by atoms with Crippen molar-refractivity contribution in [2.45, 2.75) is 49.8 Å². The number of carbonyl (C=O) groups is 2. The Morgan fingerprint density at radius 2 is 1.95 bits per heavy atom. The van der Waals surface area contributed by atoms with E-state index in [1.54, 1.807) is 21.6 Å². The van der Waals surface area contributed by atoms with Crippen LogP contribution in [0.25, 0.3) is 0 Å². The van der Waals surface area contributed by atoms with Crippen LogP contribution in [-0.2, 0) is 9.53 Å². The van der Waals surface area contributed by atoms with Gasteiger partial charge in [0.05, 0.1) is 17.6 Å². The molecule has 4 unspecified atom stereocenters. The highest BCUT2D eigenvalue weighted by molar-refractivity contribution is 8.00. The number of urea groups is 1. The molecule has 6 nitrogen and oxygen atoms in total. The van der Waals surface area contributed by atoms with Gasteiger partial charge in [-0.3, -0.25) is 4.90 Å². The summed E-state index contributed by atoms with van der Waals surface area (Å²) in [5.74, 6) is -0.422. The SMILES string of the molecule is CCC1SCC(C(=O)O)N1C(=O)N1CC2CCC(C1)O2. The highest BCUT2D eigenvalue weighted by atomic mass is 32.2. The number of hydrogen-bond acceptors (Lipinski definition) is 4. The van der Waals surface area contributed by atoms with E-state index < -0.39 is 12.0 Å². The number of likely N-dealkylation sites (tertiary alicyclic amines) is 1. The van der Waals surface area contributed by atoms with Gasteiger partial charge in [0.15, 0.2) is 0 Å². The maximum absolute atomic E-state index is 12.7. The molecular formula is C13H20N2O4S. The third kappa shape index (κ3) is 2.37. The molecule has 3 saturated heterocycles. The second-order valence-corrected chi connectivity index (χ2v) is 6.81. The van der Waals surface area contributed by atoms with Gasteiger partial charge in [-0.25, -0.2) is 9.59 Å². The predicted octanol–water partition coefficient (Wildman–Crippen LogP) is 1.21. The van der Waals surface area contributed by atoms with Crippen LogP contribution in [0.5, 0.6) is 0 Å². The molecule has 3 fully saturated rings. The number of amides is 2. The zero-order valence-corrected chi connectivity index (χ0v) is 12.3. The second kappa shape index (κ2) is 5.44. The molecule has 0 aromatic carbocycles. The van der Waals surface area contributed by atoms with Crippen LogP contribution in [0.15, 0.2) is 0 Å². The van der Waals surface area contributed by atoms with E-state index in [4.69, 9.17) is 4.74 Å². The first kappa shape index (κ1) is 14.0. The van der Waals surface area contributed by atoms with Crippen molar-refractivity contribution in [1.82, 2.24) is 9.80 Å². The summed E-state index contributed by atoms with van der Waals surface area (Å²) < 4.78 is 5.73. The van der Waals surface area contributed by atoms with Gasteiger partial charge in [-0.05, 0) is 19.3 Å². The van der Waals surface area contributed by atoms with Crippen LogP contribution in [0.2, 0.25) is 0 Å². The molecule has 0 aromatic rings. The van der Waals surface area contributed by atoms with E-state index in [2.05, 4.69) is 0 Å². The van der Waals surface area contributed by atoms with E-state index in [1.807, 2.05) is 6.92 Å². The summed E-state index contributed by atoms with van der Waals surface area (Å²) in [6, 6.07) is -0.826. The lowest BCUT2D eigenvalue weighted by Gasteiger charge is -2.37. The summed E-state index contributed by atoms with van der Waals surface area (Å²) in [6.07, 6.45) is 3.05. The van der Waals surface area contributed by atoms with Gasteiger partial charge < -0.3 is 14.7 Å². The normalized spacial score (nSPS) is 36.5. The molecule has 0 radical (unpaired) electrons. The van der Waals surface area contributed by atoms with Crippen LogP contribution < -0.4 is 0 Å². The maximum atomic E-state index is 12.7. The molecule has 1 N–H and O–H groups in total. The number of thioether (sulfide) groups is 1. The Kier molecular flexibility index (Phi) is 3.81. The number of carboxylic acids is 1. The molecule has 0 spiro atoms. The van der Waals surface area contributed by atoms with Crippen molar-refractivity contribution < 1.29 is 19.4 Å². The van der Waals surface area contributed by atoms with E-state index in [1.165, 1.54) is 0 Å². The van der Waals surface area contributed by atoms with E-state index in [9.17, 15) is 14.7 Å². The number of morpholine rings is 1. The van der Waals surface area contributed by atoms with Crippen LogP contribution in [0.4, 0.5) is 4.79 Å². The van der Waals surface area contributed by atoms with Crippen LogP contribution in [0, 0.1) is 0 Å². The van der Waals surface area contributed by atoms with Gasteiger partial charge in [0.2, 0.25) is 0 Å². The molecule has 4 atom stereocenters. The third-order valence-corrected chi connectivity index (χ3v) is 5.72. The molecule has 0 saturated carbocycles. The van der Waals surface area contributed by atoms with Gasteiger partial charge in [-0.15, -0.1) is 11.8 Å². The second-order valence-electron chi connectivity index (χ2n) is 5.60. The van der Waals surface area contributed by atoms with Crippen molar-refractivity contribution in [3.8, 4) is 0 Å². The molecular weight excluding hydrogens is 280 g/mol. The van der Waals surface area contributed by atoms with Gasteiger partial charge in [-0.2, -0.15) is 0 Å². The van der Waals surface area contributed by atoms with E-state index in [-0.39, 0.29) is 23.6 Å². The van der Waals surface area contributed by atoms with Gasteiger partial charge in [0.1, 0.15) is 6.04 Å². The summed E-state index contributed by atoms with van der Waals surface area (Å²) in [6.45, 7) is 3.18. The minimum absolute atomic E-state index is 0.0240. The van der Waals surface area contributed by atoms with Gasteiger partial charge in [0.25, 0.3) is 0 Å². The molecule has 0 aliphatic carbocycles. The van der Waals surface area contributed by atoms with Gasteiger partial charge in [0, 0.05) is 18.8 Å². The number of aliphatic carboxylic acids is 1. The minimum atomic E-state index is -0.905. The van der Waals surface area contributed by atoms with E-state index in [0.29, 0.717) is 18.8 Å². The number of carbonyl (C=O) groups excluding carboxylic acids is 1. The van der Waals surface area contributed by atoms with Crippen LogP contribution in [0.1, 0.15) is 26.2 Å². The zero-order valence-electron chi connectivity index (χ0n) is 11.5. The van der Waals surface area contributed by atoms with Gasteiger partial charge in [-0.1, -0.05) is 6.92 Å². The fraction of sp³-hybridized carbons (Fsp3) is 0.846. The van der Waals surface area contributed by atoms with Crippen molar-refractivity contribution in [1.29, 1.82) is 0 Å². The van der Waals surface area contributed by atoms with Crippen LogP contribution >= 0.6 is 11.8 Å². The summed E-state index contributed by atoms with van der Waals surface area (Å²) in [7, 11) is 0.